The summed E-state index contributed by atoms with van der Waals surface area (Å²) in [6.45, 7) is 8.59. The second kappa shape index (κ2) is 18.3. The van der Waals surface area contributed by atoms with Gasteiger partial charge in [-0.05, 0) is 50.5 Å². The fourth-order valence-corrected chi connectivity index (χ4v) is 8.92. The second-order valence-corrected chi connectivity index (χ2v) is 14.5. The summed E-state index contributed by atoms with van der Waals surface area (Å²) in [6, 6.07) is 7.72. The quantitative estimate of drug-likeness (QED) is 0.114. The van der Waals surface area contributed by atoms with Crippen molar-refractivity contribution < 1.29 is 38.5 Å². The number of nitrogens with one attached hydrogen (secondary N) is 1. The number of methoxy groups -OCH3 is 1. The molecule has 1 aromatic rings. The Kier molecular flexibility index (Phi) is 13.9. The molecule has 3 amide bonds. The maximum absolute atomic E-state index is 14.8. The lowest BCUT2D eigenvalue weighted by molar-refractivity contribution is -0.163. The SMILES string of the molecule is C=CCCC(=O)N[C@H](COC)[C@H](OC(=O)[C@@H]1[C@@H]2CC[C@]3(O2)[C@H](C(=O)N(CC=C)C2CCCCC2)N(CCCCCCO)C(=O)[C@@H]13)c1ccccc1. The van der Waals surface area contributed by atoms with Crippen molar-refractivity contribution in [2.45, 2.75) is 119 Å². The average Bonchev–Trinajstić information content (AvgIpc) is 3.79. The highest BCUT2D eigenvalue weighted by Gasteiger charge is 2.75. The monoisotopic (exact) mass is 707 g/mol. The van der Waals surface area contributed by atoms with Crippen LogP contribution in [0.4, 0.5) is 0 Å². The molecule has 4 fully saturated rings. The molecule has 3 saturated heterocycles. The molecule has 3 aliphatic heterocycles. The summed E-state index contributed by atoms with van der Waals surface area (Å²) in [5.74, 6) is -2.96. The third-order valence-electron chi connectivity index (χ3n) is 11.2. The fraction of sp³-hybridized carbons (Fsp3) is 0.650. The third kappa shape index (κ3) is 8.42. The van der Waals surface area contributed by atoms with Crippen LogP contribution in [0.15, 0.2) is 55.6 Å². The molecular formula is C40H57N3O8. The zero-order chi connectivity index (χ0) is 36.4. The van der Waals surface area contributed by atoms with E-state index in [1.54, 1.807) is 17.1 Å². The highest BCUT2D eigenvalue weighted by atomic mass is 16.6. The number of aliphatic hydroxyl groups is 1. The normalized spacial score (nSPS) is 26.7. The molecule has 4 aliphatic rings. The number of aliphatic hydroxyl groups excluding tert-OH is 1. The Hall–Kier alpha value is -3.54. The first-order chi connectivity index (χ1) is 24.8. The minimum absolute atomic E-state index is 0.0617. The molecule has 11 nitrogen and oxygen atoms in total. The summed E-state index contributed by atoms with van der Waals surface area (Å²) in [6.07, 6.45) is 11.7. The number of rotatable bonds is 20. The number of carbonyl (C=O) groups excluding carboxylic acids is 4. The number of unbranched alkanes of at least 4 members (excludes halogenated alkanes) is 3. The van der Waals surface area contributed by atoms with Gasteiger partial charge in [0.1, 0.15) is 17.7 Å². The summed E-state index contributed by atoms with van der Waals surface area (Å²) < 4.78 is 18.6. The fourth-order valence-electron chi connectivity index (χ4n) is 8.92. The number of allylic oxidation sites excluding steroid dienone is 1. The van der Waals surface area contributed by atoms with Crippen molar-refractivity contribution in [1.82, 2.24) is 15.1 Å². The van der Waals surface area contributed by atoms with Crippen LogP contribution in [-0.4, -0.2) is 102 Å². The zero-order valence-corrected chi connectivity index (χ0v) is 30.2. The van der Waals surface area contributed by atoms with E-state index in [1.807, 2.05) is 35.2 Å². The van der Waals surface area contributed by atoms with E-state index in [0.29, 0.717) is 50.8 Å². The highest BCUT2D eigenvalue weighted by Crippen LogP contribution is 2.59. The average molecular weight is 708 g/mol. The minimum Gasteiger partial charge on any atom is -0.455 e. The number of hydrogen-bond acceptors (Lipinski definition) is 8. The molecule has 1 spiro atoms. The van der Waals surface area contributed by atoms with Crippen LogP contribution in [0, 0.1) is 11.8 Å². The molecule has 1 aromatic carbocycles. The van der Waals surface area contributed by atoms with Crippen LogP contribution in [0.1, 0.15) is 95.1 Å². The van der Waals surface area contributed by atoms with Gasteiger partial charge in [0.2, 0.25) is 17.7 Å². The minimum atomic E-state index is -1.14. The van der Waals surface area contributed by atoms with Gasteiger partial charge in [-0.15, -0.1) is 13.2 Å². The number of amides is 3. The van der Waals surface area contributed by atoms with Gasteiger partial charge in [0.15, 0.2) is 0 Å². The molecule has 0 unspecified atom stereocenters. The van der Waals surface area contributed by atoms with Crippen molar-refractivity contribution in [2.75, 3.05) is 33.4 Å². The van der Waals surface area contributed by atoms with Crippen molar-refractivity contribution in [2.24, 2.45) is 11.8 Å². The van der Waals surface area contributed by atoms with Crippen LogP contribution in [-0.2, 0) is 33.4 Å². The summed E-state index contributed by atoms with van der Waals surface area (Å²) in [7, 11) is 1.52. The van der Waals surface area contributed by atoms with E-state index in [2.05, 4.69) is 18.5 Å². The lowest BCUT2D eigenvalue weighted by Gasteiger charge is -2.40. The molecule has 11 heteroatoms. The van der Waals surface area contributed by atoms with E-state index < -0.39 is 47.7 Å². The molecule has 1 aliphatic carbocycles. The predicted molar refractivity (Wildman–Crippen MR) is 192 cm³/mol. The molecule has 2 bridgehead atoms. The molecule has 51 heavy (non-hydrogen) atoms. The van der Waals surface area contributed by atoms with E-state index in [1.165, 1.54) is 7.11 Å². The zero-order valence-electron chi connectivity index (χ0n) is 30.2. The molecule has 5 rings (SSSR count). The topological polar surface area (TPSA) is 135 Å². The second-order valence-electron chi connectivity index (χ2n) is 14.5. The molecule has 280 valence electrons. The highest BCUT2D eigenvalue weighted by molar-refractivity contribution is 5.98. The van der Waals surface area contributed by atoms with Gasteiger partial charge in [-0.25, -0.2) is 0 Å². The standard InChI is InChI=1S/C40H57N3O8/c1-4-6-21-32(45)41-30(27-49-3)35(28-17-11-9-12-18-28)50-39(48)33-31-22-23-40(51-31)34(33)37(46)43(25-15-7-8-16-26-44)36(40)38(47)42(24-5-2)29-19-13-10-14-20-29/h4-5,9,11-12,17-18,29-31,33-36,44H,1-2,6-8,10,13-16,19-27H2,3H3,(H,41,45)/t30-,31+,33-,34-,35-,36+,40-/m1/s1. The largest absolute Gasteiger partial charge is 0.455 e. The van der Waals surface area contributed by atoms with Gasteiger partial charge in [0, 0.05) is 39.3 Å². The van der Waals surface area contributed by atoms with E-state index in [0.717, 1.165) is 44.9 Å². The van der Waals surface area contributed by atoms with Crippen LogP contribution >= 0.6 is 0 Å². The molecular weight excluding hydrogens is 650 g/mol. The predicted octanol–water partition coefficient (Wildman–Crippen LogP) is 4.64. The summed E-state index contributed by atoms with van der Waals surface area (Å²) in [4.78, 5) is 60.4. The van der Waals surface area contributed by atoms with Crippen molar-refractivity contribution >= 4 is 23.7 Å². The van der Waals surface area contributed by atoms with Crippen molar-refractivity contribution in [3.05, 3.63) is 61.2 Å². The lowest BCUT2D eigenvalue weighted by atomic mass is 9.70. The van der Waals surface area contributed by atoms with Gasteiger partial charge in [-0.3, -0.25) is 19.2 Å². The van der Waals surface area contributed by atoms with Crippen molar-refractivity contribution in [3.63, 3.8) is 0 Å². The Labute approximate surface area is 302 Å². The van der Waals surface area contributed by atoms with Crippen LogP contribution in [0.2, 0.25) is 0 Å². The van der Waals surface area contributed by atoms with Gasteiger partial charge < -0.3 is 34.4 Å². The van der Waals surface area contributed by atoms with Gasteiger partial charge in [-0.1, -0.05) is 74.6 Å². The van der Waals surface area contributed by atoms with Crippen molar-refractivity contribution in [1.29, 1.82) is 0 Å². The molecule has 7 atom stereocenters. The van der Waals surface area contributed by atoms with E-state index >= 15 is 0 Å². The Morgan fingerprint density at radius 1 is 1.08 bits per heavy atom. The van der Waals surface area contributed by atoms with Crippen molar-refractivity contribution in [3.8, 4) is 0 Å². The van der Waals surface area contributed by atoms with Crippen LogP contribution < -0.4 is 5.32 Å². The van der Waals surface area contributed by atoms with Crippen LogP contribution in [0.3, 0.4) is 0 Å². The maximum Gasteiger partial charge on any atom is 0.313 e. The van der Waals surface area contributed by atoms with Gasteiger partial charge in [0.05, 0.1) is 30.6 Å². The first kappa shape index (κ1) is 38.7. The summed E-state index contributed by atoms with van der Waals surface area (Å²) >= 11 is 0. The molecule has 3 heterocycles. The number of nitrogens with zero attached hydrogens (tertiary/aromatic N) is 2. The Bertz CT molecular complexity index is 1370. The lowest BCUT2D eigenvalue weighted by Crippen LogP contribution is -2.58. The van der Waals surface area contributed by atoms with E-state index in [9.17, 15) is 24.3 Å². The van der Waals surface area contributed by atoms with Gasteiger partial charge in [0.25, 0.3) is 0 Å². The van der Waals surface area contributed by atoms with Crippen LogP contribution in [0.25, 0.3) is 0 Å². The maximum atomic E-state index is 14.8. The Morgan fingerprint density at radius 2 is 1.82 bits per heavy atom. The number of benzene rings is 1. The Morgan fingerprint density at radius 3 is 2.51 bits per heavy atom. The van der Waals surface area contributed by atoms with E-state index in [-0.39, 0.29) is 43.4 Å². The van der Waals surface area contributed by atoms with Gasteiger partial charge in [-0.2, -0.15) is 0 Å². The molecule has 0 aromatic heterocycles. The number of carbonyl (C=O) groups is 4. The number of hydrogen-bond donors (Lipinski definition) is 2. The summed E-state index contributed by atoms with van der Waals surface area (Å²) in [5.41, 5.74) is -0.465. The summed E-state index contributed by atoms with van der Waals surface area (Å²) in [5, 5.41) is 12.3. The third-order valence-corrected chi connectivity index (χ3v) is 11.2. The first-order valence-electron chi connectivity index (χ1n) is 19.0. The number of ether oxygens (including phenoxy) is 3. The molecule has 0 radical (unpaired) electrons. The Balaban J connectivity index is 1.45. The van der Waals surface area contributed by atoms with E-state index in [4.69, 9.17) is 14.2 Å². The van der Waals surface area contributed by atoms with Crippen LogP contribution in [0.5, 0.6) is 0 Å². The molecule has 1 saturated carbocycles. The smallest absolute Gasteiger partial charge is 0.313 e. The van der Waals surface area contributed by atoms with Gasteiger partial charge >= 0.3 is 5.97 Å². The number of fused-ring (bicyclic) bond motifs is 1. The molecule has 2 N–H and O–H groups in total. The number of esters is 1. The number of likely N-dealkylation sites (tertiary alicyclic amines) is 1. The first-order valence-corrected chi connectivity index (χ1v) is 19.0.